The summed E-state index contributed by atoms with van der Waals surface area (Å²) in [4.78, 5) is 14.8. The van der Waals surface area contributed by atoms with Gasteiger partial charge in [0.05, 0.1) is 5.52 Å². The molecule has 0 spiro atoms. The summed E-state index contributed by atoms with van der Waals surface area (Å²) in [6.45, 7) is 3.71. The normalized spacial score (nSPS) is 10.0. The maximum absolute atomic E-state index is 10.6. The maximum atomic E-state index is 10.6. The van der Waals surface area contributed by atoms with E-state index in [0.29, 0.717) is 5.69 Å². The third-order valence-corrected chi connectivity index (χ3v) is 2.11. The summed E-state index contributed by atoms with van der Waals surface area (Å²) in [5, 5.41) is 1.02. The third kappa shape index (κ3) is 1.31. The van der Waals surface area contributed by atoms with Gasteiger partial charge in [0.15, 0.2) is 6.29 Å². The summed E-state index contributed by atoms with van der Waals surface area (Å²) in [6, 6.07) is 9.43. The van der Waals surface area contributed by atoms with Crippen molar-refractivity contribution in [2.24, 2.45) is 0 Å². The van der Waals surface area contributed by atoms with E-state index in [1.54, 1.807) is 12.1 Å². The number of pyridine rings is 1. The molecule has 0 aliphatic rings. The van der Waals surface area contributed by atoms with E-state index in [9.17, 15) is 4.79 Å². The first kappa shape index (κ1) is 8.63. The van der Waals surface area contributed by atoms with Gasteiger partial charge in [0.1, 0.15) is 5.69 Å². The second-order valence-electron chi connectivity index (χ2n) is 2.98. The summed E-state index contributed by atoms with van der Waals surface area (Å²) in [5.41, 5.74) is 2.23. The molecule has 0 fully saturated rings. The van der Waals surface area contributed by atoms with E-state index in [-0.39, 0.29) is 0 Å². The highest BCUT2D eigenvalue weighted by molar-refractivity contribution is 5.89. The van der Waals surface area contributed by atoms with Gasteiger partial charge in [0, 0.05) is 10.9 Å². The Morgan fingerprint density at radius 3 is 2.79 bits per heavy atom. The first-order valence-electron chi connectivity index (χ1n) is 4.32. The molecule has 0 saturated carbocycles. The number of fused-ring (bicyclic) bond motifs is 1. The monoisotopic (exact) mass is 183 g/mol. The van der Waals surface area contributed by atoms with Gasteiger partial charge in [-0.2, -0.15) is 0 Å². The summed E-state index contributed by atoms with van der Waals surface area (Å²) >= 11 is 0. The molecule has 0 radical (unpaired) electrons. The zero-order valence-electron chi connectivity index (χ0n) is 7.60. The van der Waals surface area contributed by atoms with Gasteiger partial charge in [0.25, 0.3) is 0 Å². The van der Waals surface area contributed by atoms with E-state index in [1.807, 2.05) is 24.3 Å². The Bertz CT molecular complexity index is 503. The second-order valence-corrected chi connectivity index (χ2v) is 2.98. The average molecular weight is 183 g/mol. The number of carbonyl (C=O) groups excluding carboxylic acids is 1. The molecule has 1 aromatic carbocycles. The van der Waals surface area contributed by atoms with Crippen molar-refractivity contribution in [3.8, 4) is 0 Å². The predicted molar refractivity (Wildman–Crippen MR) is 57.2 cm³/mol. The highest BCUT2D eigenvalue weighted by Crippen LogP contribution is 2.17. The fourth-order valence-electron chi connectivity index (χ4n) is 1.42. The van der Waals surface area contributed by atoms with Crippen LogP contribution in [0.5, 0.6) is 0 Å². The van der Waals surface area contributed by atoms with Crippen molar-refractivity contribution >= 4 is 23.3 Å². The largest absolute Gasteiger partial charge is 0.296 e. The van der Waals surface area contributed by atoms with Crippen LogP contribution in [0.15, 0.2) is 36.9 Å². The van der Waals surface area contributed by atoms with Crippen LogP contribution in [-0.4, -0.2) is 11.3 Å². The molecule has 0 unspecified atom stereocenters. The molecule has 0 aliphatic carbocycles. The van der Waals surface area contributed by atoms with Crippen LogP contribution >= 0.6 is 0 Å². The standard InChI is InChI=1S/C12H9NO/c1-2-9-4-3-5-10-6-7-11(8-14)13-12(9)10/h2-8H,1H2. The number of aldehydes is 1. The SMILES string of the molecule is C=Cc1cccc2ccc(C=O)nc12. The van der Waals surface area contributed by atoms with Gasteiger partial charge in [-0.15, -0.1) is 0 Å². The minimum absolute atomic E-state index is 0.451. The lowest BCUT2D eigenvalue weighted by atomic mass is 10.1. The Kier molecular flexibility index (Phi) is 2.11. The lowest BCUT2D eigenvalue weighted by Crippen LogP contribution is -1.89. The van der Waals surface area contributed by atoms with Gasteiger partial charge >= 0.3 is 0 Å². The van der Waals surface area contributed by atoms with Crippen molar-refractivity contribution in [3.05, 3.63) is 48.2 Å². The van der Waals surface area contributed by atoms with E-state index in [2.05, 4.69) is 11.6 Å². The van der Waals surface area contributed by atoms with Gasteiger partial charge in [0.2, 0.25) is 0 Å². The molecule has 14 heavy (non-hydrogen) atoms. The minimum Gasteiger partial charge on any atom is -0.296 e. The van der Waals surface area contributed by atoms with Gasteiger partial charge in [-0.1, -0.05) is 36.9 Å². The molecule has 1 heterocycles. The third-order valence-electron chi connectivity index (χ3n) is 2.11. The van der Waals surface area contributed by atoms with Crippen LogP contribution in [0.1, 0.15) is 16.1 Å². The molecule has 2 nitrogen and oxygen atoms in total. The topological polar surface area (TPSA) is 30.0 Å². The van der Waals surface area contributed by atoms with E-state index in [0.717, 1.165) is 22.8 Å². The molecule has 0 amide bonds. The molecule has 0 aliphatic heterocycles. The Labute approximate surface area is 81.9 Å². The van der Waals surface area contributed by atoms with Crippen molar-refractivity contribution in [1.29, 1.82) is 0 Å². The van der Waals surface area contributed by atoms with E-state index in [1.165, 1.54) is 0 Å². The molecular weight excluding hydrogens is 174 g/mol. The number of rotatable bonds is 2. The zero-order valence-corrected chi connectivity index (χ0v) is 7.60. The Balaban J connectivity index is 2.82. The van der Waals surface area contributed by atoms with Crippen molar-refractivity contribution in [2.45, 2.75) is 0 Å². The molecule has 0 N–H and O–H groups in total. The van der Waals surface area contributed by atoms with Gasteiger partial charge in [-0.05, 0) is 6.07 Å². The number of nitrogens with zero attached hydrogens (tertiary/aromatic N) is 1. The quantitative estimate of drug-likeness (QED) is 0.670. The summed E-state index contributed by atoms with van der Waals surface area (Å²) in [7, 11) is 0. The number of aromatic nitrogens is 1. The van der Waals surface area contributed by atoms with Crippen LogP contribution in [0.2, 0.25) is 0 Å². The molecular formula is C12H9NO. The van der Waals surface area contributed by atoms with Crippen molar-refractivity contribution < 1.29 is 4.79 Å². The van der Waals surface area contributed by atoms with Gasteiger partial charge < -0.3 is 0 Å². The molecule has 0 atom stereocenters. The Hall–Kier alpha value is -1.96. The fourth-order valence-corrected chi connectivity index (χ4v) is 1.42. The lowest BCUT2D eigenvalue weighted by Gasteiger charge is -2.01. The first-order valence-corrected chi connectivity index (χ1v) is 4.32. The summed E-state index contributed by atoms with van der Waals surface area (Å²) < 4.78 is 0. The van der Waals surface area contributed by atoms with Crippen LogP contribution in [0.3, 0.4) is 0 Å². The number of hydrogen-bond donors (Lipinski definition) is 0. The predicted octanol–water partition coefficient (Wildman–Crippen LogP) is 2.69. The van der Waals surface area contributed by atoms with E-state index in [4.69, 9.17) is 0 Å². The second kappa shape index (κ2) is 3.42. The average Bonchev–Trinajstić information content (AvgIpc) is 2.27. The highest BCUT2D eigenvalue weighted by atomic mass is 16.1. The molecule has 68 valence electrons. The number of benzene rings is 1. The van der Waals surface area contributed by atoms with E-state index < -0.39 is 0 Å². The molecule has 2 heteroatoms. The van der Waals surface area contributed by atoms with Crippen molar-refractivity contribution in [3.63, 3.8) is 0 Å². The maximum Gasteiger partial charge on any atom is 0.168 e. The molecule has 1 aromatic heterocycles. The molecule has 2 rings (SSSR count). The first-order chi connectivity index (χ1) is 6.85. The molecule has 0 bridgehead atoms. The highest BCUT2D eigenvalue weighted by Gasteiger charge is 2.00. The lowest BCUT2D eigenvalue weighted by molar-refractivity contribution is 0.111. The van der Waals surface area contributed by atoms with Crippen LogP contribution in [-0.2, 0) is 0 Å². The smallest absolute Gasteiger partial charge is 0.168 e. The van der Waals surface area contributed by atoms with Crippen LogP contribution < -0.4 is 0 Å². The van der Waals surface area contributed by atoms with Crippen LogP contribution in [0, 0.1) is 0 Å². The van der Waals surface area contributed by atoms with Gasteiger partial charge in [-0.3, -0.25) is 4.79 Å². The summed E-state index contributed by atoms with van der Waals surface area (Å²) in [5.74, 6) is 0. The Morgan fingerprint density at radius 2 is 2.07 bits per heavy atom. The van der Waals surface area contributed by atoms with Gasteiger partial charge in [-0.25, -0.2) is 4.98 Å². The van der Waals surface area contributed by atoms with Crippen molar-refractivity contribution in [2.75, 3.05) is 0 Å². The molecule has 2 aromatic rings. The van der Waals surface area contributed by atoms with Crippen molar-refractivity contribution in [1.82, 2.24) is 4.98 Å². The Morgan fingerprint density at radius 1 is 1.21 bits per heavy atom. The van der Waals surface area contributed by atoms with Crippen LogP contribution in [0.4, 0.5) is 0 Å². The fraction of sp³-hybridized carbons (Fsp3) is 0. The van der Waals surface area contributed by atoms with Crippen LogP contribution in [0.25, 0.3) is 17.0 Å². The molecule has 0 saturated heterocycles. The zero-order chi connectivity index (χ0) is 9.97. The number of carbonyl (C=O) groups is 1. The summed E-state index contributed by atoms with van der Waals surface area (Å²) in [6.07, 6.45) is 2.49. The van der Waals surface area contributed by atoms with E-state index >= 15 is 0 Å². The number of para-hydroxylation sites is 1. The minimum atomic E-state index is 0.451. The number of hydrogen-bond acceptors (Lipinski definition) is 2.